The molecular weight excluding hydrogens is 376 g/mol. The molecule has 0 spiro atoms. The molecule has 0 saturated heterocycles. The van der Waals surface area contributed by atoms with E-state index in [1.165, 1.54) is 20.2 Å². The normalized spacial score (nSPS) is 15.5. The lowest BCUT2D eigenvalue weighted by atomic mass is 10.1. The molecule has 6 nitrogen and oxygen atoms in total. The number of halogens is 1. The van der Waals surface area contributed by atoms with Crippen LogP contribution in [0.1, 0.15) is 30.0 Å². The highest BCUT2D eigenvalue weighted by Gasteiger charge is 2.30. The molecule has 0 fully saturated rings. The average Bonchev–Trinajstić information content (AvgIpc) is 3.26. The summed E-state index contributed by atoms with van der Waals surface area (Å²) in [6, 6.07) is 13.5. The summed E-state index contributed by atoms with van der Waals surface area (Å²) >= 11 is 6.06. The number of nitrogens with zero attached hydrogens (tertiary/aromatic N) is 4. The minimum absolute atomic E-state index is 0.0167. The van der Waals surface area contributed by atoms with E-state index in [0.29, 0.717) is 17.2 Å². The van der Waals surface area contributed by atoms with E-state index in [1.54, 1.807) is 23.2 Å². The van der Waals surface area contributed by atoms with Gasteiger partial charge in [-0.1, -0.05) is 48.5 Å². The van der Waals surface area contributed by atoms with E-state index in [2.05, 4.69) is 23.8 Å². The third-order valence-electron chi connectivity index (χ3n) is 5.17. The Hall–Kier alpha value is -2.86. The molecule has 0 bridgehead atoms. The number of carbonyl (C=O) groups excluding carboxylic acids is 1. The molecule has 1 amide bonds. The number of pyridine rings is 1. The molecule has 4 rings (SSSR count). The van der Waals surface area contributed by atoms with Gasteiger partial charge in [0.1, 0.15) is 0 Å². The molecule has 2 aromatic heterocycles. The molecule has 1 unspecified atom stereocenters. The maximum absolute atomic E-state index is 13.1. The van der Waals surface area contributed by atoms with Crippen LogP contribution in [0.3, 0.4) is 0 Å². The van der Waals surface area contributed by atoms with Crippen LogP contribution in [-0.2, 0) is 17.8 Å². The van der Waals surface area contributed by atoms with Crippen molar-refractivity contribution in [2.45, 2.75) is 31.8 Å². The monoisotopic (exact) mass is 396 g/mol. The number of hydrogen-bond donors (Lipinski definition) is 0. The molecule has 0 saturated carbocycles. The summed E-state index contributed by atoms with van der Waals surface area (Å²) in [7, 11) is 0. The predicted octanol–water partition coefficient (Wildman–Crippen LogP) is 3.15. The SMILES string of the molecule is C=C(Cl)CN(C(=O)CCn1nc2ccccn2c1=O)C1CCc2ccccc21. The third-order valence-corrected chi connectivity index (χ3v) is 5.29. The molecule has 0 N–H and O–H groups in total. The Morgan fingerprint density at radius 1 is 1.25 bits per heavy atom. The van der Waals surface area contributed by atoms with Crippen LogP contribution < -0.4 is 5.69 Å². The zero-order chi connectivity index (χ0) is 19.7. The Kier molecular flexibility index (Phi) is 5.05. The lowest BCUT2D eigenvalue weighted by molar-refractivity contribution is -0.133. The maximum atomic E-state index is 13.1. The molecule has 3 aromatic rings. The smallest absolute Gasteiger partial charge is 0.330 e. The van der Waals surface area contributed by atoms with Crippen molar-refractivity contribution >= 4 is 23.2 Å². The van der Waals surface area contributed by atoms with Gasteiger partial charge in [-0.15, -0.1) is 5.10 Å². The Balaban J connectivity index is 1.54. The average molecular weight is 397 g/mol. The number of fused-ring (bicyclic) bond motifs is 2. The van der Waals surface area contributed by atoms with Crippen molar-refractivity contribution in [3.63, 3.8) is 0 Å². The minimum Gasteiger partial charge on any atom is -0.330 e. The molecule has 7 heteroatoms. The fraction of sp³-hybridized carbons (Fsp3) is 0.286. The molecule has 144 valence electrons. The number of benzene rings is 1. The van der Waals surface area contributed by atoms with Crippen LogP contribution in [-0.4, -0.2) is 31.5 Å². The van der Waals surface area contributed by atoms with E-state index in [1.807, 2.05) is 18.2 Å². The van der Waals surface area contributed by atoms with Gasteiger partial charge in [0.25, 0.3) is 0 Å². The maximum Gasteiger partial charge on any atom is 0.350 e. The summed E-state index contributed by atoms with van der Waals surface area (Å²) in [5.41, 5.74) is 2.75. The van der Waals surface area contributed by atoms with Gasteiger partial charge < -0.3 is 4.90 Å². The number of aromatic nitrogens is 3. The first-order chi connectivity index (χ1) is 13.5. The fourth-order valence-corrected chi connectivity index (χ4v) is 4.00. The molecule has 1 aromatic carbocycles. The minimum atomic E-state index is -0.247. The number of carbonyl (C=O) groups is 1. The van der Waals surface area contributed by atoms with E-state index in [4.69, 9.17) is 11.6 Å². The van der Waals surface area contributed by atoms with Gasteiger partial charge >= 0.3 is 5.69 Å². The first-order valence-corrected chi connectivity index (χ1v) is 9.67. The zero-order valence-electron chi connectivity index (χ0n) is 15.4. The van der Waals surface area contributed by atoms with Gasteiger partial charge in [0.2, 0.25) is 5.91 Å². The highest BCUT2D eigenvalue weighted by Crippen LogP contribution is 2.36. The summed E-state index contributed by atoms with van der Waals surface area (Å²) in [5, 5.41) is 4.71. The van der Waals surface area contributed by atoms with Gasteiger partial charge in [-0.05, 0) is 36.1 Å². The van der Waals surface area contributed by atoms with E-state index in [9.17, 15) is 9.59 Å². The van der Waals surface area contributed by atoms with Crippen molar-refractivity contribution < 1.29 is 4.79 Å². The van der Waals surface area contributed by atoms with Gasteiger partial charge in [-0.3, -0.25) is 9.20 Å². The Morgan fingerprint density at radius 3 is 2.82 bits per heavy atom. The molecule has 28 heavy (non-hydrogen) atoms. The van der Waals surface area contributed by atoms with E-state index < -0.39 is 0 Å². The highest BCUT2D eigenvalue weighted by molar-refractivity contribution is 6.29. The summed E-state index contributed by atoms with van der Waals surface area (Å²) in [6.07, 6.45) is 3.64. The van der Waals surface area contributed by atoms with Crippen LogP contribution >= 0.6 is 11.6 Å². The van der Waals surface area contributed by atoms with Crippen LogP contribution in [0.4, 0.5) is 0 Å². The predicted molar refractivity (Wildman–Crippen MR) is 108 cm³/mol. The summed E-state index contributed by atoms with van der Waals surface area (Å²) in [4.78, 5) is 27.2. The van der Waals surface area contributed by atoms with Crippen LogP contribution in [0.5, 0.6) is 0 Å². The molecule has 1 atom stereocenters. The molecule has 0 aliphatic heterocycles. The highest BCUT2D eigenvalue weighted by atomic mass is 35.5. The topological polar surface area (TPSA) is 59.6 Å². The van der Waals surface area contributed by atoms with E-state index in [0.717, 1.165) is 12.8 Å². The van der Waals surface area contributed by atoms with Crippen molar-refractivity contribution in [2.75, 3.05) is 6.54 Å². The van der Waals surface area contributed by atoms with Gasteiger partial charge in [-0.2, -0.15) is 0 Å². The largest absolute Gasteiger partial charge is 0.350 e. The summed E-state index contributed by atoms with van der Waals surface area (Å²) in [5.74, 6) is -0.0625. The van der Waals surface area contributed by atoms with Crippen molar-refractivity contribution in [2.24, 2.45) is 0 Å². The lowest BCUT2D eigenvalue weighted by Crippen LogP contribution is -2.36. The fourth-order valence-electron chi connectivity index (χ4n) is 3.87. The molecular formula is C21H21ClN4O2. The van der Waals surface area contributed by atoms with E-state index in [-0.39, 0.29) is 30.6 Å². The van der Waals surface area contributed by atoms with Gasteiger partial charge in [0.05, 0.1) is 19.1 Å². The number of rotatable bonds is 6. The second-order valence-corrected chi connectivity index (χ2v) is 7.51. The summed E-state index contributed by atoms with van der Waals surface area (Å²) in [6.45, 7) is 4.28. The zero-order valence-corrected chi connectivity index (χ0v) is 16.2. The standard InChI is InChI=1S/C21H21ClN4O2/c1-15(22)14-25(18-10-9-16-6-2-3-7-17(16)18)20(27)11-13-26-21(28)24-12-5-4-8-19(24)23-26/h2-8,12,18H,1,9-11,13-14H2. The Labute approximate surface area is 167 Å². The van der Waals surface area contributed by atoms with Crippen molar-refractivity contribution in [3.8, 4) is 0 Å². The second-order valence-electron chi connectivity index (χ2n) is 6.98. The Bertz CT molecular complexity index is 1100. The first-order valence-electron chi connectivity index (χ1n) is 9.29. The van der Waals surface area contributed by atoms with Crippen molar-refractivity contribution in [1.29, 1.82) is 0 Å². The van der Waals surface area contributed by atoms with Crippen LogP contribution in [0.15, 0.2) is 65.1 Å². The molecule has 0 radical (unpaired) electrons. The number of aryl methyl sites for hydroxylation is 2. The van der Waals surface area contributed by atoms with Crippen molar-refractivity contribution in [1.82, 2.24) is 19.1 Å². The van der Waals surface area contributed by atoms with Crippen LogP contribution in [0.2, 0.25) is 0 Å². The van der Waals surface area contributed by atoms with Crippen molar-refractivity contribution in [3.05, 3.63) is 81.9 Å². The quantitative estimate of drug-likeness (QED) is 0.643. The molecule has 1 aliphatic rings. The van der Waals surface area contributed by atoms with E-state index >= 15 is 0 Å². The van der Waals surface area contributed by atoms with Crippen LogP contribution in [0, 0.1) is 0 Å². The molecule has 1 aliphatic carbocycles. The van der Waals surface area contributed by atoms with Gasteiger partial charge in [0, 0.05) is 17.6 Å². The van der Waals surface area contributed by atoms with Gasteiger partial charge in [-0.25, -0.2) is 9.48 Å². The second kappa shape index (κ2) is 7.64. The number of amides is 1. The first kappa shape index (κ1) is 18.5. The van der Waals surface area contributed by atoms with Gasteiger partial charge in [0.15, 0.2) is 5.65 Å². The lowest BCUT2D eigenvalue weighted by Gasteiger charge is -2.29. The Morgan fingerprint density at radius 2 is 2.04 bits per heavy atom. The van der Waals surface area contributed by atoms with Crippen LogP contribution in [0.25, 0.3) is 5.65 Å². The molecule has 2 heterocycles. The summed E-state index contributed by atoms with van der Waals surface area (Å²) < 4.78 is 2.81. The third kappa shape index (κ3) is 3.47. The number of hydrogen-bond acceptors (Lipinski definition) is 3.